The number of hydroxylamine groups is 1. The number of fused-ring (bicyclic) bond motifs is 1. The van der Waals surface area contributed by atoms with E-state index in [1.807, 2.05) is 36.4 Å². The number of methoxy groups -OCH3 is 1. The van der Waals surface area contributed by atoms with E-state index in [4.69, 9.17) is 9.57 Å². The Labute approximate surface area is 118 Å². The van der Waals surface area contributed by atoms with Crippen LogP contribution in [0.5, 0.6) is 5.75 Å². The number of ether oxygens (including phenoxy) is 1. The molecule has 4 heteroatoms. The van der Waals surface area contributed by atoms with E-state index in [-0.39, 0.29) is 5.91 Å². The highest BCUT2D eigenvalue weighted by Crippen LogP contribution is 2.24. The van der Waals surface area contributed by atoms with E-state index in [0.717, 1.165) is 22.1 Å². The second-order valence-corrected chi connectivity index (χ2v) is 4.26. The van der Waals surface area contributed by atoms with Gasteiger partial charge in [-0.15, -0.1) is 0 Å². The third-order valence-corrected chi connectivity index (χ3v) is 2.90. The van der Waals surface area contributed by atoms with Crippen LogP contribution in [-0.4, -0.2) is 13.0 Å². The molecule has 0 unspecified atom stereocenters. The summed E-state index contributed by atoms with van der Waals surface area (Å²) >= 11 is 0. The molecule has 0 spiro atoms. The lowest BCUT2D eigenvalue weighted by atomic mass is 10.0. The molecule has 104 valence electrons. The van der Waals surface area contributed by atoms with E-state index in [2.05, 4.69) is 5.48 Å². The molecule has 2 aromatic rings. The minimum atomic E-state index is -0.273. The minimum absolute atomic E-state index is 0.273. The number of hydrogen-bond donors (Lipinski definition) is 1. The highest BCUT2D eigenvalue weighted by atomic mass is 16.6. The van der Waals surface area contributed by atoms with Crippen molar-refractivity contribution in [1.82, 2.24) is 5.48 Å². The van der Waals surface area contributed by atoms with Crippen LogP contribution < -0.4 is 10.2 Å². The summed E-state index contributed by atoms with van der Waals surface area (Å²) in [5.41, 5.74) is 3.36. The van der Waals surface area contributed by atoms with E-state index in [1.54, 1.807) is 20.1 Å². The maximum atomic E-state index is 11.3. The number of rotatable bonds is 5. The van der Waals surface area contributed by atoms with Crippen molar-refractivity contribution >= 4 is 16.7 Å². The number of allylic oxidation sites excluding steroid dienone is 1. The van der Waals surface area contributed by atoms with Gasteiger partial charge in [0.25, 0.3) is 5.91 Å². The Morgan fingerprint density at radius 1 is 1.30 bits per heavy atom. The van der Waals surface area contributed by atoms with Crippen LogP contribution in [0.2, 0.25) is 0 Å². The average Bonchev–Trinajstić information content (AvgIpc) is 2.47. The summed E-state index contributed by atoms with van der Waals surface area (Å²) in [7, 11) is 1.64. The maximum Gasteiger partial charge on any atom is 0.267 e. The van der Waals surface area contributed by atoms with Crippen molar-refractivity contribution in [2.75, 3.05) is 7.11 Å². The van der Waals surface area contributed by atoms with E-state index in [9.17, 15) is 4.79 Å². The number of nitrogens with one attached hydrogen (secondary N) is 1. The Kier molecular flexibility index (Phi) is 4.74. The molecule has 0 aliphatic rings. The van der Waals surface area contributed by atoms with E-state index < -0.39 is 0 Å². The molecule has 0 aliphatic heterocycles. The Balaban J connectivity index is 2.15. The molecule has 0 radical (unpaired) electrons. The predicted octanol–water partition coefficient (Wildman–Crippen LogP) is 2.97. The number of amides is 1. The van der Waals surface area contributed by atoms with Crippen LogP contribution in [0.15, 0.2) is 48.6 Å². The summed E-state index contributed by atoms with van der Waals surface area (Å²) in [6.45, 7) is 2.07. The summed E-state index contributed by atoms with van der Waals surface area (Å²) in [4.78, 5) is 16.5. The summed E-state index contributed by atoms with van der Waals surface area (Å²) < 4.78 is 5.23. The van der Waals surface area contributed by atoms with Crippen molar-refractivity contribution in [3.8, 4) is 5.75 Å². The smallest absolute Gasteiger partial charge is 0.267 e. The molecule has 20 heavy (non-hydrogen) atoms. The molecular weight excluding hydrogens is 254 g/mol. The van der Waals surface area contributed by atoms with Gasteiger partial charge in [0.1, 0.15) is 12.4 Å². The third-order valence-electron chi connectivity index (χ3n) is 2.90. The Hall–Kier alpha value is -2.33. The largest absolute Gasteiger partial charge is 0.497 e. The second kappa shape index (κ2) is 6.73. The minimum Gasteiger partial charge on any atom is -0.497 e. The van der Waals surface area contributed by atoms with Gasteiger partial charge in [-0.05, 0) is 35.4 Å². The Morgan fingerprint density at radius 3 is 2.90 bits per heavy atom. The van der Waals surface area contributed by atoms with E-state index >= 15 is 0 Å². The van der Waals surface area contributed by atoms with Gasteiger partial charge in [0.2, 0.25) is 0 Å². The van der Waals surface area contributed by atoms with E-state index in [1.165, 1.54) is 6.08 Å². The molecular formula is C16H17NO3. The SMILES string of the molecule is C/C=C/C(=O)NOCc1cccc2ccc(OC)cc12. The van der Waals surface area contributed by atoms with Gasteiger partial charge in [0, 0.05) is 6.08 Å². The number of carbonyl (C=O) groups is 1. The average molecular weight is 271 g/mol. The quantitative estimate of drug-likeness (QED) is 0.672. The van der Waals surface area contributed by atoms with Gasteiger partial charge in [-0.1, -0.05) is 30.3 Å². The monoisotopic (exact) mass is 271 g/mol. The first kappa shape index (κ1) is 14.1. The van der Waals surface area contributed by atoms with Gasteiger partial charge in [-0.2, -0.15) is 0 Å². The van der Waals surface area contributed by atoms with Gasteiger partial charge in [0.15, 0.2) is 0 Å². The summed E-state index contributed by atoms with van der Waals surface area (Å²) in [5.74, 6) is 0.521. The molecule has 0 aliphatic carbocycles. The van der Waals surface area contributed by atoms with Crippen molar-refractivity contribution in [3.63, 3.8) is 0 Å². The standard InChI is InChI=1S/C16H17NO3/c1-3-5-16(18)17-20-11-13-7-4-6-12-8-9-14(19-2)10-15(12)13/h3-10H,11H2,1-2H3,(H,17,18)/b5-3+. The first-order valence-corrected chi connectivity index (χ1v) is 6.34. The highest BCUT2D eigenvalue weighted by molar-refractivity contribution is 5.87. The van der Waals surface area contributed by atoms with Crippen molar-refractivity contribution in [1.29, 1.82) is 0 Å². The van der Waals surface area contributed by atoms with Gasteiger partial charge in [-0.25, -0.2) is 5.48 Å². The first-order valence-electron chi connectivity index (χ1n) is 6.34. The van der Waals surface area contributed by atoms with Crippen LogP contribution in [0, 0.1) is 0 Å². The third kappa shape index (κ3) is 3.36. The normalized spacial score (nSPS) is 10.9. The van der Waals surface area contributed by atoms with Crippen molar-refractivity contribution in [3.05, 3.63) is 54.1 Å². The number of carbonyl (C=O) groups excluding carboxylic acids is 1. The molecule has 0 bridgehead atoms. The summed E-state index contributed by atoms with van der Waals surface area (Å²) in [5, 5.41) is 2.15. The fourth-order valence-electron chi connectivity index (χ4n) is 1.94. The van der Waals surface area contributed by atoms with Crippen molar-refractivity contribution < 1.29 is 14.4 Å². The zero-order valence-corrected chi connectivity index (χ0v) is 11.6. The molecule has 4 nitrogen and oxygen atoms in total. The van der Waals surface area contributed by atoms with Crippen LogP contribution in [0.1, 0.15) is 12.5 Å². The number of hydrogen-bond acceptors (Lipinski definition) is 3. The van der Waals surface area contributed by atoms with Gasteiger partial charge in [-0.3, -0.25) is 9.63 Å². The fourth-order valence-corrected chi connectivity index (χ4v) is 1.94. The predicted molar refractivity (Wildman–Crippen MR) is 78.2 cm³/mol. The molecule has 2 aromatic carbocycles. The zero-order chi connectivity index (χ0) is 14.4. The molecule has 0 saturated heterocycles. The highest BCUT2D eigenvalue weighted by Gasteiger charge is 2.03. The van der Waals surface area contributed by atoms with Crippen LogP contribution in [0.3, 0.4) is 0 Å². The van der Waals surface area contributed by atoms with Gasteiger partial charge < -0.3 is 4.74 Å². The van der Waals surface area contributed by atoms with Crippen LogP contribution in [-0.2, 0) is 16.2 Å². The Morgan fingerprint density at radius 2 is 2.15 bits per heavy atom. The van der Waals surface area contributed by atoms with Crippen molar-refractivity contribution in [2.45, 2.75) is 13.5 Å². The van der Waals surface area contributed by atoms with Crippen LogP contribution in [0.25, 0.3) is 10.8 Å². The molecule has 0 heterocycles. The molecule has 0 atom stereocenters. The van der Waals surface area contributed by atoms with Crippen LogP contribution in [0.4, 0.5) is 0 Å². The van der Waals surface area contributed by atoms with Gasteiger partial charge >= 0.3 is 0 Å². The van der Waals surface area contributed by atoms with Gasteiger partial charge in [0.05, 0.1) is 7.11 Å². The lowest BCUT2D eigenvalue weighted by Gasteiger charge is -2.09. The zero-order valence-electron chi connectivity index (χ0n) is 11.6. The summed E-state index contributed by atoms with van der Waals surface area (Å²) in [6, 6.07) is 11.8. The number of benzene rings is 2. The van der Waals surface area contributed by atoms with E-state index in [0.29, 0.717) is 6.61 Å². The molecule has 2 rings (SSSR count). The lowest BCUT2D eigenvalue weighted by molar-refractivity contribution is -0.129. The lowest BCUT2D eigenvalue weighted by Crippen LogP contribution is -2.21. The van der Waals surface area contributed by atoms with Crippen molar-refractivity contribution in [2.24, 2.45) is 0 Å². The second-order valence-electron chi connectivity index (χ2n) is 4.26. The maximum absolute atomic E-state index is 11.3. The molecule has 0 aromatic heterocycles. The first-order chi connectivity index (χ1) is 9.74. The molecule has 1 amide bonds. The molecule has 0 fully saturated rings. The van der Waals surface area contributed by atoms with Crippen LogP contribution >= 0.6 is 0 Å². The summed E-state index contributed by atoms with van der Waals surface area (Å²) in [6.07, 6.45) is 3.06. The topological polar surface area (TPSA) is 47.6 Å². The molecule has 1 N–H and O–H groups in total. The molecule has 0 saturated carbocycles. The Bertz CT molecular complexity index is 635. The fraction of sp³-hybridized carbons (Fsp3) is 0.188.